The van der Waals surface area contributed by atoms with Crippen molar-refractivity contribution in [3.8, 4) is 0 Å². The van der Waals surface area contributed by atoms with E-state index in [1.54, 1.807) is 0 Å². The van der Waals surface area contributed by atoms with Crippen molar-refractivity contribution in [2.75, 3.05) is 0 Å². The zero-order valence-electron chi connectivity index (χ0n) is 4.88. The van der Waals surface area contributed by atoms with Crippen LogP contribution in [0.1, 0.15) is 13.3 Å². The lowest BCUT2D eigenvalue weighted by molar-refractivity contribution is -0.152. The maximum atomic E-state index is 10.2. The predicted octanol–water partition coefficient (Wildman–Crippen LogP) is -0.381. The fourth-order valence-corrected chi connectivity index (χ4v) is 0.280. The number of carbonyl (C=O) groups is 3. The molecule has 0 aromatic heterocycles. The Balaban J connectivity index is 4.05. The fourth-order valence-electron chi connectivity index (χ4n) is 0.280. The van der Waals surface area contributed by atoms with Crippen molar-refractivity contribution in [3.05, 3.63) is 0 Å². The molecule has 0 spiro atoms. The van der Waals surface area contributed by atoms with Gasteiger partial charge in [0.2, 0.25) is 5.78 Å². The Hall–Kier alpha value is -1.19. The van der Waals surface area contributed by atoms with E-state index in [1.165, 1.54) is 6.92 Å². The van der Waals surface area contributed by atoms with Crippen molar-refractivity contribution >= 4 is 17.5 Å². The van der Waals surface area contributed by atoms with Gasteiger partial charge in [-0.25, -0.2) is 4.79 Å². The SMILES string of the molecule is CCC(=O)C(=O)C(=O)O. The van der Waals surface area contributed by atoms with E-state index in [0.717, 1.165) is 0 Å². The standard InChI is InChI=1S/C5H6O4/c1-2-3(6)4(7)5(8)9/h2H2,1H3,(H,8,9). The first kappa shape index (κ1) is 7.81. The largest absolute Gasteiger partial charge is 0.475 e. The number of aliphatic carboxylic acids is 1. The molecule has 0 aliphatic heterocycles. The van der Waals surface area contributed by atoms with Gasteiger partial charge in [0.05, 0.1) is 0 Å². The lowest BCUT2D eigenvalue weighted by Gasteiger charge is -1.86. The first-order valence-electron chi connectivity index (χ1n) is 2.40. The Morgan fingerprint density at radius 2 is 1.78 bits per heavy atom. The number of ketones is 2. The van der Waals surface area contributed by atoms with Crippen molar-refractivity contribution in [3.63, 3.8) is 0 Å². The Morgan fingerprint density at radius 1 is 1.33 bits per heavy atom. The number of hydrogen-bond donors (Lipinski definition) is 1. The van der Waals surface area contributed by atoms with E-state index in [2.05, 4.69) is 0 Å². The van der Waals surface area contributed by atoms with Crippen molar-refractivity contribution in [2.24, 2.45) is 0 Å². The van der Waals surface area contributed by atoms with Gasteiger partial charge in [0, 0.05) is 6.42 Å². The molecule has 0 bridgehead atoms. The molecule has 0 aliphatic rings. The van der Waals surface area contributed by atoms with Crippen LogP contribution in [0.25, 0.3) is 0 Å². The smallest absolute Gasteiger partial charge is 0.380 e. The lowest BCUT2D eigenvalue weighted by atomic mass is 10.2. The maximum Gasteiger partial charge on any atom is 0.380 e. The minimum Gasteiger partial charge on any atom is -0.475 e. The molecule has 0 aliphatic carbocycles. The Morgan fingerprint density at radius 3 is 1.89 bits per heavy atom. The minimum absolute atomic E-state index is 0.0505. The molecule has 0 radical (unpaired) electrons. The van der Waals surface area contributed by atoms with Crippen LogP contribution < -0.4 is 0 Å². The van der Waals surface area contributed by atoms with E-state index in [-0.39, 0.29) is 6.42 Å². The summed E-state index contributed by atoms with van der Waals surface area (Å²) < 4.78 is 0. The summed E-state index contributed by atoms with van der Waals surface area (Å²) in [7, 11) is 0. The van der Waals surface area contributed by atoms with Crippen LogP contribution >= 0.6 is 0 Å². The summed E-state index contributed by atoms with van der Waals surface area (Å²) in [6.07, 6.45) is -0.0505. The van der Waals surface area contributed by atoms with Gasteiger partial charge >= 0.3 is 11.8 Å². The predicted molar refractivity (Wildman–Crippen MR) is 27.9 cm³/mol. The Kier molecular flexibility index (Phi) is 2.57. The molecule has 4 nitrogen and oxygen atoms in total. The topological polar surface area (TPSA) is 71.4 Å². The van der Waals surface area contributed by atoms with Crippen molar-refractivity contribution in [1.82, 2.24) is 0 Å². The fraction of sp³-hybridized carbons (Fsp3) is 0.400. The van der Waals surface area contributed by atoms with E-state index in [9.17, 15) is 14.4 Å². The van der Waals surface area contributed by atoms with Crippen LogP contribution in [-0.4, -0.2) is 22.6 Å². The maximum absolute atomic E-state index is 10.2. The van der Waals surface area contributed by atoms with Crippen molar-refractivity contribution in [1.29, 1.82) is 0 Å². The molecular weight excluding hydrogens is 124 g/mol. The van der Waals surface area contributed by atoms with Gasteiger partial charge in [0.1, 0.15) is 0 Å². The monoisotopic (exact) mass is 130 g/mol. The molecule has 0 heterocycles. The van der Waals surface area contributed by atoms with Crippen LogP contribution in [0, 0.1) is 0 Å². The summed E-state index contributed by atoms with van der Waals surface area (Å²) in [5.41, 5.74) is 0. The molecule has 4 heteroatoms. The highest BCUT2D eigenvalue weighted by Crippen LogP contribution is 1.82. The molecule has 0 aromatic carbocycles. The number of carboxylic acid groups (broad SMARTS) is 1. The second-order valence-corrected chi connectivity index (χ2v) is 1.41. The third-order valence-corrected chi connectivity index (χ3v) is 0.769. The zero-order chi connectivity index (χ0) is 7.44. The van der Waals surface area contributed by atoms with Gasteiger partial charge in [-0.15, -0.1) is 0 Å². The molecule has 0 amide bonds. The van der Waals surface area contributed by atoms with Gasteiger partial charge in [0.25, 0.3) is 0 Å². The number of carboxylic acids is 1. The van der Waals surface area contributed by atoms with Crippen LogP contribution in [0.4, 0.5) is 0 Å². The minimum atomic E-state index is -1.68. The first-order valence-corrected chi connectivity index (χ1v) is 2.40. The summed E-state index contributed by atoms with van der Waals surface area (Å²) >= 11 is 0. The van der Waals surface area contributed by atoms with Gasteiger partial charge in [0.15, 0.2) is 0 Å². The van der Waals surface area contributed by atoms with Gasteiger partial charge in [-0.05, 0) is 0 Å². The summed E-state index contributed by atoms with van der Waals surface area (Å²) in [6.45, 7) is 1.43. The third-order valence-electron chi connectivity index (χ3n) is 0.769. The highest BCUT2D eigenvalue weighted by atomic mass is 16.4. The summed E-state index contributed by atoms with van der Waals surface area (Å²) in [5, 5.41) is 7.91. The number of carbonyl (C=O) groups excluding carboxylic acids is 2. The molecule has 0 rings (SSSR count). The van der Waals surface area contributed by atoms with Gasteiger partial charge < -0.3 is 5.11 Å². The number of Topliss-reactive ketones (excluding diaryl/α,β-unsaturated/α-hetero) is 2. The average Bonchev–Trinajstić information content (AvgIpc) is 1.84. The Labute approximate surface area is 51.5 Å². The lowest BCUT2D eigenvalue weighted by Crippen LogP contribution is -2.22. The molecule has 0 unspecified atom stereocenters. The van der Waals surface area contributed by atoms with E-state index >= 15 is 0 Å². The summed E-state index contributed by atoms with van der Waals surface area (Å²) in [5.74, 6) is -3.87. The van der Waals surface area contributed by atoms with Crippen LogP contribution in [0.5, 0.6) is 0 Å². The van der Waals surface area contributed by atoms with Crippen LogP contribution in [0.15, 0.2) is 0 Å². The van der Waals surface area contributed by atoms with Gasteiger partial charge in [-0.2, -0.15) is 0 Å². The van der Waals surface area contributed by atoms with Gasteiger partial charge in [-0.3, -0.25) is 9.59 Å². The molecule has 50 valence electrons. The number of hydrogen-bond acceptors (Lipinski definition) is 3. The van der Waals surface area contributed by atoms with E-state index < -0.39 is 17.5 Å². The van der Waals surface area contributed by atoms with Crippen LogP contribution in [0.2, 0.25) is 0 Å². The molecule has 1 N–H and O–H groups in total. The van der Waals surface area contributed by atoms with Gasteiger partial charge in [-0.1, -0.05) is 6.92 Å². The first-order chi connectivity index (χ1) is 4.09. The number of rotatable bonds is 3. The van der Waals surface area contributed by atoms with Crippen LogP contribution in [-0.2, 0) is 14.4 Å². The average molecular weight is 130 g/mol. The molecule has 0 atom stereocenters. The molecule has 0 saturated carbocycles. The molecule has 0 saturated heterocycles. The van der Waals surface area contributed by atoms with Crippen molar-refractivity contribution in [2.45, 2.75) is 13.3 Å². The van der Waals surface area contributed by atoms with E-state index in [4.69, 9.17) is 5.11 Å². The van der Waals surface area contributed by atoms with Crippen LogP contribution in [0.3, 0.4) is 0 Å². The Bertz CT molecular complexity index is 158. The van der Waals surface area contributed by atoms with E-state index in [0.29, 0.717) is 0 Å². The van der Waals surface area contributed by atoms with Crippen molar-refractivity contribution < 1.29 is 19.5 Å². The summed E-state index contributed by atoms with van der Waals surface area (Å²) in [4.78, 5) is 30.1. The highest BCUT2D eigenvalue weighted by molar-refractivity contribution is 6.61. The molecule has 0 fully saturated rings. The second kappa shape index (κ2) is 2.96. The second-order valence-electron chi connectivity index (χ2n) is 1.41. The highest BCUT2D eigenvalue weighted by Gasteiger charge is 2.18. The molecule has 9 heavy (non-hydrogen) atoms. The summed E-state index contributed by atoms with van der Waals surface area (Å²) in [6, 6.07) is 0. The quantitative estimate of drug-likeness (QED) is 0.417. The zero-order valence-corrected chi connectivity index (χ0v) is 4.88. The third kappa shape index (κ3) is 2.03. The normalized spacial score (nSPS) is 8.56. The molecular formula is C5H6O4. The molecule has 0 aromatic rings. The van der Waals surface area contributed by atoms with E-state index in [1.807, 2.05) is 0 Å².